The first-order valence-electron chi connectivity index (χ1n) is 9.21. The minimum atomic E-state index is -1.20. The highest BCUT2D eigenvalue weighted by Gasteiger charge is 2.10. The maximum Gasteiger partial charge on any atom is 0.328 e. The lowest BCUT2D eigenvalue weighted by Crippen LogP contribution is -2.13. The highest BCUT2D eigenvalue weighted by atomic mass is 32.2. The molecule has 1 aromatic heterocycles. The third-order valence-electron chi connectivity index (χ3n) is 3.77. The van der Waals surface area contributed by atoms with E-state index in [4.69, 9.17) is 9.84 Å². The Hall–Kier alpha value is -3.37. The molecule has 0 saturated heterocycles. The van der Waals surface area contributed by atoms with Crippen LogP contribution in [0.5, 0.6) is 5.75 Å². The number of benzene rings is 2. The number of carboxylic acids is 1. The van der Waals surface area contributed by atoms with E-state index in [0.717, 1.165) is 33.0 Å². The Bertz CT molecular complexity index is 1140. The van der Waals surface area contributed by atoms with E-state index in [-0.39, 0.29) is 11.7 Å². The maximum absolute atomic E-state index is 12.3. The predicted molar refractivity (Wildman–Crippen MR) is 122 cm³/mol. The second-order valence-corrected chi connectivity index (χ2v) is 8.19. The van der Waals surface area contributed by atoms with Gasteiger partial charge in [-0.3, -0.25) is 9.59 Å². The number of hydrogen-bond donors (Lipinski definition) is 3. The first kappa shape index (κ1) is 22.3. The molecule has 160 valence electrons. The van der Waals surface area contributed by atoms with E-state index >= 15 is 0 Å². The normalized spacial score (nSPS) is 10.9. The smallest absolute Gasteiger partial charge is 0.328 e. The number of thiazole rings is 1. The van der Waals surface area contributed by atoms with Crippen molar-refractivity contribution in [3.8, 4) is 5.75 Å². The van der Waals surface area contributed by atoms with Gasteiger partial charge in [-0.2, -0.15) is 0 Å². The molecule has 0 fully saturated rings. The number of thioether (sulfide) groups is 1. The van der Waals surface area contributed by atoms with E-state index in [1.807, 2.05) is 31.2 Å². The summed E-state index contributed by atoms with van der Waals surface area (Å²) in [5.74, 6) is -1.03. The Balaban J connectivity index is 1.55. The summed E-state index contributed by atoms with van der Waals surface area (Å²) in [5.41, 5.74) is 1.29. The number of carbonyl (C=O) groups excluding carboxylic acids is 2. The number of carboxylic acid groups (broad SMARTS) is 1. The van der Waals surface area contributed by atoms with Crippen LogP contribution in [0.2, 0.25) is 0 Å². The number of nitrogens with zero attached hydrogens (tertiary/aromatic N) is 1. The highest BCUT2D eigenvalue weighted by molar-refractivity contribution is 8.00. The van der Waals surface area contributed by atoms with Gasteiger partial charge in [0.25, 0.3) is 0 Å². The molecule has 0 saturated carbocycles. The van der Waals surface area contributed by atoms with Crippen LogP contribution in [0.15, 0.2) is 59.5 Å². The fourth-order valence-electron chi connectivity index (χ4n) is 2.51. The summed E-state index contributed by atoms with van der Waals surface area (Å²) < 4.78 is 6.41. The van der Waals surface area contributed by atoms with Crippen LogP contribution in [0.3, 0.4) is 0 Å². The van der Waals surface area contributed by atoms with Crippen LogP contribution >= 0.6 is 23.1 Å². The molecule has 2 amide bonds. The van der Waals surface area contributed by atoms with E-state index in [2.05, 4.69) is 15.6 Å². The van der Waals surface area contributed by atoms with Gasteiger partial charge in [0, 0.05) is 22.7 Å². The second-order valence-electron chi connectivity index (χ2n) is 6.11. The van der Waals surface area contributed by atoms with Crippen molar-refractivity contribution in [3.05, 3.63) is 54.6 Å². The molecule has 3 N–H and O–H groups in total. The van der Waals surface area contributed by atoms with Crippen molar-refractivity contribution in [1.82, 2.24) is 4.98 Å². The van der Waals surface area contributed by atoms with Crippen molar-refractivity contribution in [2.75, 3.05) is 23.0 Å². The molecule has 0 radical (unpaired) electrons. The standard InChI is InChI=1S/C21H19N3O5S2/c1-2-29-14-6-7-16-17(11-14)31-21(23-16)24-19(26)12-30-15-5-3-4-13(10-15)22-18(25)8-9-20(27)28/h3-11H,2,12H2,1H3,(H,22,25)(H,27,28)(H,23,24,26)/b9-8+. The molecule has 0 atom stereocenters. The number of carbonyl (C=O) groups is 3. The van der Waals surface area contributed by atoms with Crippen LogP contribution in [0, 0.1) is 0 Å². The molecule has 0 aliphatic carbocycles. The van der Waals surface area contributed by atoms with Gasteiger partial charge >= 0.3 is 5.97 Å². The van der Waals surface area contributed by atoms with Gasteiger partial charge in [0.15, 0.2) is 5.13 Å². The lowest BCUT2D eigenvalue weighted by molar-refractivity contribution is -0.131. The lowest BCUT2D eigenvalue weighted by Gasteiger charge is -2.06. The van der Waals surface area contributed by atoms with Crippen molar-refractivity contribution in [1.29, 1.82) is 0 Å². The third kappa shape index (κ3) is 6.83. The lowest BCUT2D eigenvalue weighted by atomic mass is 10.3. The van der Waals surface area contributed by atoms with E-state index in [1.165, 1.54) is 23.1 Å². The van der Waals surface area contributed by atoms with Gasteiger partial charge < -0.3 is 20.5 Å². The molecule has 0 aliphatic rings. The average Bonchev–Trinajstić information content (AvgIpc) is 3.13. The Labute approximate surface area is 186 Å². The van der Waals surface area contributed by atoms with Crippen molar-refractivity contribution in [2.45, 2.75) is 11.8 Å². The largest absolute Gasteiger partial charge is 0.494 e. The van der Waals surface area contributed by atoms with E-state index in [0.29, 0.717) is 17.4 Å². The SMILES string of the molecule is CCOc1ccc2nc(NC(=O)CSc3cccc(NC(=O)/C=C/C(=O)O)c3)sc2c1. The molecule has 2 aromatic carbocycles. The van der Waals surface area contributed by atoms with Gasteiger partial charge in [0.05, 0.1) is 22.6 Å². The van der Waals surface area contributed by atoms with Gasteiger partial charge in [0.2, 0.25) is 11.8 Å². The van der Waals surface area contributed by atoms with Crippen LogP contribution in [0.1, 0.15) is 6.92 Å². The number of fused-ring (bicyclic) bond motifs is 1. The zero-order valence-corrected chi connectivity index (χ0v) is 18.1. The molecule has 3 rings (SSSR count). The van der Waals surface area contributed by atoms with Gasteiger partial charge in [-0.15, -0.1) is 11.8 Å². The molecule has 3 aromatic rings. The first-order chi connectivity index (χ1) is 14.9. The number of anilines is 2. The number of aliphatic carboxylic acids is 1. The molecule has 1 heterocycles. The van der Waals surface area contributed by atoms with Crippen molar-refractivity contribution >= 4 is 61.9 Å². The molecular weight excluding hydrogens is 438 g/mol. The summed E-state index contributed by atoms with van der Waals surface area (Å²) in [4.78, 5) is 39.7. The van der Waals surface area contributed by atoms with E-state index in [1.54, 1.807) is 18.2 Å². The summed E-state index contributed by atoms with van der Waals surface area (Å²) in [7, 11) is 0. The summed E-state index contributed by atoms with van der Waals surface area (Å²) in [6.07, 6.45) is 1.70. The van der Waals surface area contributed by atoms with Crippen molar-refractivity contribution in [3.63, 3.8) is 0 Å². The summed E-state index contributed by atoms with van der Waals surface area (Å²) >= 11 is 2.68. The molecule has 0 spiro atoms. The Morgan fingerprint density at radius 2 is 2.00 bits per heavy atom. The molecular formula is C21H19N3O5S2. The highest BCUT2D eigenvalue weighted by Crippen LogP contribution is 2.29. The van der Waals surface area contributed by atoms with Crippen LogP contribution in [-0.2, 0) is 14.4 Å². The number of rotatable bonds is 9. The van der Waals surface area contributed by atoms with Crippen molar-refractivity contribution in [2.24, 2.45) is 0 Å². The molecule has 31 heavy (non-hydrogen) atoms. The quantitative estimate of drug-likeness (QED) is 0.328. The van der Waals surface area contributed by atoms with Crippen LogP contribution in [0.25, 0.3) is 10.2 Å². The Morgan fingerprint density at radius 3 is 2.77 bits per heavy atom. The summed E-state index contributed by atoms with van der Waals surface area (Å²) in [5, 5.41) is 14.4. The predicted octanol–water partition coefficient (Wildman–Crippen LogP) is 4.01. The van der Waals surface area contributed by atoms with E-state index < -0.39 is 11.9 Å². The van der Waals surface area contributed by atoms with Gasteiger partial charge in [-0.1, -0.05) is 17.4 Å². The zero-order valence-electron chi connectivity index (χ0n) is 16.5. The average molecular weight is 458 g/mol. The number of hydrogen-bond acceptors (Lipinski definition) is 7. The molecule has 0 aliphatic heterocycles. The van der Waals surface area contributed by atoms with Crippen LogP contribution in [0.4, 0.5) is 10.8 Å². The third-order valence-corrected chi connectivity index (χ3v) is 5.69. The second kappa shape index (κ2) is 10.6. The van der Waals surface area contributed by atoms with Gasteiger partial charge in [0.1, 0.15) is 5.75 Å². The molecule has 10 heteroatoms. The number of ether oxygens (including phenoxy) is 1. The molecule has 0 unspecified atom stereocenters. The topological polar surface area (TPSA) is 118 Å². The fraction of sp³-hybridized carbons (Fsp3) is 0.143. The minimum absolute atomic E-state index is 0.163. The van der Waals surface area contributed by atoms with Gasteiger partial charge in [-0.05, 0) is 43.3 Å². The Kier molecular flexibility index (Phi) is 7.63. The van der Waals surface area contributed by atoms with Crippen LogP contribution < -0.4 is 15.4 Å². The first-order valence-corrected chi connectivity index (χ1v) is 11.0. The monoisotopic (exact) mass is 457 g/mol. The number of aromatic nitrogens is 1. The maximum atomic E-state index is 12.3. The van der Waals surface area contributed by atoms with Crippen molar-refractivity contribution < 1.29 is 24.2 Å². The minimum Gasteiger partial charge on any atom is -0.494 e. The molecule has 8 nitrogen and oxygen atoms in total. The fourth-order valence-corrected chi connectivity index (χ4v) is 4.18. The molecule has 0 bridgehead atoms. The Morgan fingerprint density at radius 1 is 1.16 bits per heavy atom. The zero-order chi connectivity index (χ0) is 22.2. The van der Waals surface area contributed by atoms with Gasteiger partial charge in [-0.25, -0.2) is 9.78 Å². The summed E-state index contributed by atoms with van der Waals surface area (Å²) in [6.45, 7) is 2.50. The number of nitrogens with one attached hydrogen (secondary N) is 2. The number of amides is 2. The van der Waals surface area contributed by atoms with E-state index in [9.17, 15) is 14.4 Å². The van der Waals surface area contributed by atoms with Crippen LogP contribution in [-0.4, -0.2) is 40.2 Å². The summed E-state index contributed by atoms with van der Waals surface area (Å²) in [6, 6.07) is 12.5.